The number of hydrogen-bond acceptors (Lipinski definition) is 3. The standard InChI is InChI=1S/C34H61NO3/c1-7-8-9-10-11-12-13-14-15-16-17-18-19-26-33(38-6)32(28-36)35-34(37)27-31(5)25-21-24-30(4)23-20-22-29(2)3/h19,22,24,26-27,32-33,36H,7-18,20-21,23,25,28H2,1-6H3,(H,35,37)/b26-19+,30-24+,31-27+/t32-,33+/m0/s1. The van der Waals surface area contributed by atoms with E-state index in [1.165, 1.54) is 81.8 Å². The summed E-state index contributed by atoms with van der Waals surface area (Å²) in [7, 11) is 1.62. The van der Waals surface area contributed by atoms with Gasteiger partial charge >= 0.3 is 0 Å². The molecule has 0 fully saturated rings. The average Bonchev–Trinajstić information content (AvgIpc) is 2.87. The van der Waals surface area contributed by atoms with Crippen LogP contribution in [0, 0.1) is 0 Å². The summed E-state index contributed by atoms with van der Waals surface area (Å²) in [5.74, 6) is -0.174. The summed E-state index contributed by atoms with van der Waals surface area (Å²) in [6, 6.07) is -0.456. The third-order valence-corrected chi connectivity index (χ3v) is 6.99. The highest BCUT2D eigenvalue weighted by molar-refractivity contribution is 5.88. The van der Waals surface area contributed by atoms with Gasteiger partial charge in [0.25, 0.3) is 0 Å². The van der Waals surface area contributed by atoms with Gasteiger partial charge in [-0.2, -0.15) is 0 Å². The van der Waals surface area contributed by atoms with Gasteiger partial charge in [-0.15, -0.1) is 0 Å². The highest BCUT2D eigenvalue weighted by Gasteiger charge is 2.19. The molecule has 2 atom stereocenters. The van der Waals surface area contributed by atoms with Crippen molar-refractivity contribution in [1.29, 1.82) is 0 Å². The second-order valence-corrected chi connectivity index (χ2v) is 11.2. The number of ether oxygens (including phenoxy) is 1. The Morgan fingerprint density at radius 1 is 0.789 bits per heavy atom. The van der Waals surface area contributed by atoms with Crippen LogP contribution in [-0.4, -0.2) is 36.9 Å². The van der Waals surface area contributed by atoms with E-state index in [9.17, 15) is 9.90 Å². The summed E-state index contributed by atoms with van der Waals surface area (Å²) in [4.78, 5) is 12.5. The SMILES string of the molecule is CCCCCCCCCCCCC/C=C/[C@@H](OC)[C@H](CO)NC(=O)/C=C(\C)CC/C=C(\C)CCC=C(C)C. The van der Waals surface area contributed by atoms with E-state index in [0.29, 0.717) is 0 Å². The molecule has 0 heterocycles. The number of carbonyl (C=O) groups excluding carboxylic acids is 1. The van der Waals surface area contributed by atoms with Gasteiger partial charge in [-0.3, -0.25) is 4.79 Å². The fourth-order valence-corrected chi connectivity index (χ4v) is 4.52. The van der Waals surface area contributed by atoms with E-state index in [1.54, 1.807) is 13.2 Å². The van der Waals surface area contributed by atoms with Crippen molar-refractivity contribution in [1.82, 2.24) is 5.32 Å². The van der Waals surface area contributed by atoms with Gasteiger partial charge in [0.05, 0.1) is 18.8 Å². The van der Waals surface area contributed by atoms with Gasteiger partial charge < -0.3 is 15.2 Å². The van der Waals surface area contributed by atoms with E-state index >= 15 is 0 Å². The number of allylic oxidation sites excluding steroid dienone is 6. The zero-order valence-electron chi connectivity index (χ0n) is 25.8. The minimum Gasteiger partial charge on any atom is -0.394 e. The van der Waals surface area contributed by atoms with Crippen LogP contribution in [0.15, 0.2) is 47.1 Å². The second kappa shape index (κ2) is 25.6. The highest BCUT2D eigenvalue weighted by Crippen LogP contribution is 2.13. The van der Waals surface area contributed by atoms with Crippen molar-refractivity contribution in [2.45, 2.75) is 149 Å². The van der Waals surface area contributed by atoms with Crippen molar-refractivity contribution < 1.29 is 14.6 Å². The molecule has 0 aromatic heterocycles. The number of methoxy groups -OCH3 is 1. The molecule has 0 aromatic carbocycles. The van der Waals surface area contributed by atoms with E-state index in [2.05, 4.69) is 51.2 Å². The largest absolute Gasteiger partial charge is 0.394 e. The van der Waals surface area contributed by atoms with Crippen LogP contribution in [0.5, 0.6) is 0 Å². The van der Waals surface area contributed by atoms with Gasteiger partial charge in [-0.25, -0.2) is 0 Å². The quantitative estimate of drug-likeness (QED) is 0.0741. The fourth-order valence-electron chi connectivity index (χ4n) is 4.52. The average molecular weight is 532 g/mol. The highest BCUT2D eigenvalue weighted by atomic mass is 16.5. The Morgan fingerprint density at radius 3 is 1.89 bits per heavy atom. The monoisotopic (exact) mass is 531 g/mol. The molecule has 0 saturated carbocycles. The molecule has 0 radical (unpaired) electrons. The molecule has 0 bridgehead atoms. The topological polar surface area (TPSA) is 58.6 Å². The molecule has 0 rings (SSSR count). The molecule has 0 aliphatic rings. The fraction of sp³-hybridized carbons (Fsp3) is 0.735. The van der Waals surface area contributed by atoms with Crippen LogP contribution in [0.1, 0.15) is 137 Å². The zero-order chi connectivity index (χ0) is 28.4. The van der Waals surface area contributed by atoms with E-state index in [-0.39, 0.29) is 18.6 Å². The maximum atomic E-state index is 12.5. The number of aliphatic hydroxyl groups excluding tert-OH is 1. The number of aliphatic hydroxyl groups is 1. The maximum Gasteiger partial charge on any atom is 0.244 e. The predicted molar refractivity (Wildman–Crippen MR) is 165 cm³/mol. The summed E-state index contributed by atoms with van der Waals surface area (Å²) >= 11 is 0. The van der Waals surface area contributed by atoms with E-state index in [0.717, 1.165) is 37.7 Å². The number of hydrogen-bond donors (Lipinski definition) is 2. The molecule has 0 aromatic rings. The summed E-state index contributed by atoms with van der Waals surface area (Å²) in [6.07, 6.45) is 29.6. The van der Waals surface area contributed by atoms with Crippen molar-refractivity contribution >= 4 is 5.91 Å². The minimum atomic E-state index is -0.456. The van der Waals surface area contributed by atoms with Gasteiger partial charge in [0, 0.05) is 13.2 Å². The zero-order valence-corrected chi connectivity index (χ0v) is 25.8. The summed E-state index contributed by atoms with van der Waals surface area (Å²) in [6.45, 7) is 10.5. The Labute approximate surface area is 236 Å². The van der Waals surface area contributed by atoms with Gasteiger partial charge in [0.1, 0.15) is 0 Å². The molecule has 2 N–H and O–H groups in total. The van der Waals surface area contributed by atoms with Crippen LogP contribution >= 0.6 is 0 Å². The molecule has 0 aliphatic carbocycles. The van der Waals surface area contributed by atoms with Gasteiger partial charge in [-0.1, -0.05) is 112 Å². The molecule has 1 amide bonds. The van der Waals surface area contributed by atoms with Crippen molar-refractivity contribution in [2.24, 2.45) is 0 Å². The lowest BCUT2D eigenvalue weighted by Gasteiger charge is -2.22. The molecular weight excluding hydrogens is 470 g/mol. The second-order valence-electron chi connectivity index (χ2n) is 11.2. The van der Waals surface area contributed by atoms with Crippen LogP contribution in [0.2, 0.25) is 0 Å². The Hall–Kier alpha value is -1.65. The van der Waals surface area contributed by atoms with E-state index < -0.39 is 6.04 Å². The van der Waals surface area contributed by atoms with Crippen molar-refractivity contribution in [3.8, 4) is 0 Å². The first-order chi connectivity index (χ1) is 18.3. The summed E-state index contributed by atoms with van der Waals surface area (Å²) < 4.78 is 5.56. The number of rotatable bonds is 24. The van der Waals surface area contributed by atoms with Crippen LogP contribution in [0.3, 0.4) is 0 Å². The molecule has 0 saturated heterocycles. The third-order valence-electron chi connectivity index (χ3n) is 6.99. The van der Waals surface area contributed by atoms with Crippen LogP contribution in [0.4, 0.5) is 0 Å². The third kappa shape index (κ3) is 22.3. The number of carbonyl (C=O) groups is 1. The van der Waals surface area contributed by atoms with Crippen LogP contribution < -0.4 is 5.32 Å². The normalized spacial score (nSPS) is 14.1. The van der Waals surface area contributed by atoms with Gasteiger partial charge in [-0.05, 0) is 66.2 Å². The number of unbranched alkanes of at least 4 members (excludes halogenated alkanes) is 11. The van der Waals surface area contributed by atoms with Crippen molar-refractivity contribution in [3.05, 3.63) is 47.1 Å². The molecule has 4 heteroatoms. The molecule has 4 nitrogen and oxygen atoms in total. The minimum absolute atomic E-state index is 0.159. The molecule has 0 spiro atoms. The first kappa shape index (κ1) is 36.4. The Morgan fingerprint density at radius 2 is 1.34 bits per heavy atom. The van der Waals surface area contributed by atoms with E-state index in [4.69, 9.17) is 4.74 Å². The maximum absolute atomic E-state index is 12.5. The predicted octanol–water partition coefficient (Wildman–Crippen LogP) is 9.16. The Balaban J connectivity index is 4.26. The molecule has 0 unspecified atom stereocenters. The summed E-state index contributed by atoms with van der Waals surface area (Å²) in [5.41, 5.74) is 3.79. The Bertz CT molecular complexity index is 701. The van der Waals surface area contributed by atoms with Gasteiger partial charge in [0.15, 0.2) is 0 Å². The number of amides is 1. The lowest BCUT2D eigenvalue weighted by atomic mass is 10.0. The first-order valence-electron chi connectivity index (χ1n) is 15.4. The van der Waals surface area contributed by atoms with Gasteiger partial charge in [0.2, 0.25) is 5.91 Å². The molecule has 38 heavy (non-hydrogen) atoms. The smallest absolute Gasteiger partial charge is 0.244 e. The van der Waals surface area contributed by atoms with Crippen LogP contribution in [0.25, 0.3) is 0 Å². The van der Waals surface area contributed by atoms with E-state index in [1.807, 2.05) is 13.0 Å². The van der Waals surface area contributed by atoms with Crippen molar-refractivity contribution in [2.75, 3.05) is 13.7 Å². The van der Waals surface area contributed by atoms with Crippen LogP contribution in [-0.2, 0) is 9.53 Å². The molecule has 0 aliphatic heterocycles. The molecule has 220 valence electrons. The Kier molecular flexibility index (Phi) is 24.5. The van der Waals surface area contributed by atoms with Crippen molar-refractivity contribution in [3.63, 3.8) is 0 Å². The lowest BCUT2D eigenvalue weighted by molar-refractivity contribution is -0.118. The molecular formula is C34H61NO3. The first-order valence-corrected chi connectivity index (χ1v) is 15.4. The number of nitrogens with one attached hydrogen (secondary N) is 1. The lowest BCUT2D eigenvalue weighted by Crippen LogP contribution is -2.45. The summed E-state index contributed by atoms with van der Waals surface area (Å²) in [5, 5.41) is 12.8.